The topological polar surface area (TPSA) is 72.5 Å². The maximum absolute atomic E-state index is 12.0. The predicted octanol–water partition coefficient (Wildman–Crippen LogP) is 4.19. The molecule has 1 aliphatic carbocycles. The van der Waals surface area contributed by atoms with Crippen LogP contribution >= 0.6 is 11.3 Å². The Hall–Kier alpha value is -1.85. The predicted molar refractivity (Wildman–Crippen MR) is 92.1 cm³/mol. The van der Waals surface area contributed by atoms with Gasteiger partial charge in [0.25, 0.3) is 0 Å². The number of nitrogens with two attached hydrogens (primary N) is 1. The molecule has 2 aromatic rings. The fraction of sp³-hybridized carbons (Fsp3) is 0.389. The SMILES string of the molecule is Cc1ccc(ON)cc1-c1sc2c(c1C(=O)O)CC(C)(C)CC2. The van der Waals surface area contributed by atoms with Crippen molar-refractivity contribution in [2.75, 3.05) is 0 Å². The molecule has 0 atom stereocenters. The molecule has 1 aliphatic rings. The van der Waals surface area contributed by atoms with Gasteiger partial charge in [0.1, 0.15) is 5.75 Å². The van der Waals surface area contributed by atoms with Crippen LogP contribution in [0.25, 0.3) is 10.4 Å². The maximum Gasteiger partial charge on any atom is 0.337 e. The van der Waals surface area contributed by atoms with Crippen LogP contribution in [-0.2, 0) is 12.8 Å². The Balaban J connectivity index is 2.22. The van der Waals surface area contributed by atoms with Crippen LogP contribution in [0.15, 0.2) is 18.2 Å². The summed E-state index contributed by atoms with van der Waals surface area (Å²) in [6.07, 6.45) is 2.84. The third kappa shape index (κ3) is 2.86. The summed E-state index contributed by atoms with van der Waals surface area (Å²) in [6.45, 7) is 6.38. The lowest BCUT2D eigenvalue weighted by Gasteiger charge is -2.29. The van der Waals surface area contributed by atoms with Crippen LogP contribution in [0.2, 0.25) is 0 Å². The molecule has 0 fully saturated rings. The minimum atomic E-state index is -0.853. The van der Waals surface area contributed by atoms with E-state index in [2.05, 4.69) is 13.8 Å². The highest BCUT2D eigenvalue weighted by molar-refractivity contribution is 7.16. The van der Waals surface area contributed by atoms with Crippen molar-refractivity contribution in [2.24, 2.45) is 11.3 Å². The number of aryl methyl sites for hydroxylation is 2. The van der Waals surface area contributed by atoms with Gasteiger partial charge in [-0.05, 0) is 60.4 Å². The summed E-state index contributed by atoms with van der Waals surface area (Å²) in [5, 5.41) is 9.81. The molecule has 1 heterocycles. The van der Waals surface area contributed by atoms with E-state index in [9.17, 15) is 9.90 Å². The van der Waals surface area contributed by atoms with Crippen LogP contribution < -0.4 is 10.7 Å². The summed E-state index contributed by atoms with van der Waals surface area (Å²) in [4.78, 5) is 18.8. The second-order valence-corrected chi connectivity index (χ2v) is 8.05. The number of carboxylic acids is 1. The highest BCUT2D eigenvalue weighted by atomic mass is 32.1. The number of hydrogen-bond donors (Lipinski definition) is 2. The number of benzene rings is 1. The van der Waals surface area contributed by atoms with Gasteiger partial charge in [-0.2, -0.15) is 5.90 Å². The first kappa shape index (κ1) is 16.0. The van der Waals surface area contributed by atoms with Gasteiger partial charge in [-0.15, -0.1) is 11.3 Å². The van der Waals surface area contributed by atoms with E-state index in [-0.39, 0.29) is 5.41 Å². The van der Waals surface area contributed by atoms with Crippen LogP contribution in [0.1, 0.15) is 46.6 Å². The number of fused-ring (bicyclic) bond motifs is 1. The molecule has 1 aromatic heterocycles. The highest BCUT2D eigenvalue weighted by Gasteiger charge is 2.33. The van der Waals surface area contributed by atoms with Crippen molar-refractivity contribution in [1.82, 2.24) is 0 Å². The van der Waals surface area contributed by atoms with Crippen molar-refractivity contribution in [3.63, 3.8) is 0 Å². The first-order chi connectivity index (χ1) is 10.8. The minimum absolute atomic E-state index is 0.146. The molecule has 122 valence electrons. The lowest BCUT2D eigenvalue weighted by Crippen LogP contribution is -2.22. The van der Waals surface area contributed by atoms with E-state index < -0.39 is 5.97 Å². The number of carbonyl (C=O) groups is 1. The number of thiophene rings is 1. The molecular weight excluding hydrogens is 310 g/mol. The van der Waals surface area contributed by atoms with Gasteiger partial charge in [0, 0.05) is 9.75 Å². The van der Waals surface area contributed by atoms with Gasteiger partial charge in [-0.25, -0.2) is 4.79 Å². The molecule has 0 spiro atoms. The summed E-state index contributed by atoms with van der Waals surface area (Å²) in [6, 6.07) is 5.52. The molecule has 0 bridgehead atoms. The largest absolute Gasteiger partial charge is 0.478 e. The number of rotatable bonds is 3. The van der Waals surface area contributed by atoms with Gasteiger partial charge in [0.2, 0.25) is 0 Å². The fourth-order valence-electron chi connectivity index (χ4n) is 3.25. The third-order valence-corrected chi connectivity index (χ3v) is 5.90. The van der Waals surface area contributed by atoms with E-state index >= 15 is 0 Å². The fourth-order valence-corrected chi connectivity index (χ4v) is 4.65. The zero-order chi connectivity index (χ0) is 16.8. The normalized spacial score (nSPS) is 16.0. The Morgan fingerprint density at radius 2 is 2.13 bits per heavy atom. The van der Waals surface area contributed by atoms with E-state index in [1.54, 1.807) is 17.4 Å². The van der Waals surface area contributed by atoms with E-state index in [0.717, 1.165) is 40.8 Å². The van der Waals surface area contributed by atoms with Crippen molar-refractivity contribution >= 4 is 17.3 Å². The summed E-state index contributed by atoms with van der Waals surface area (Å²) < 4.78 is 0. The zero-order valence-corrected chi connectivity index (χ0v) is 14.4. The Bertz CT molecular complexity index is 777. The van der Waals surface area contributed by atoms with Gasteiger partial charge in [-0.3, -0.25) is 0 Å². The molecule has 5 heteroatoms. The van der Waals surface area contributed by atoms with Crippen molar-refractivity contribution in [2.45, 2.75) is 40.0 Å². The maximum atomic E-state index is 12.0. The molecule has 0 amide bonds. The quantitative estimate of drug-likeness (QED) is 0.827. The molecule has 0 saturated heterocycles. The smallest absolute Gasteiger partial charge is 0.337 e. The van der Waals surface area contributed by atoms with E-state index in [1.807, 2.05) is 19.1 Å². The second kappa shape index (κ2) is 5.65. The van der Waals surface area contributed by atoms with Crippen LogP contribution in [-0.4, -0.2) is 11.1 Å². The van der Waals surface area contributed by atoms with Crippen molar-refractivity contribution in [1.29, 1.82) is 0 Å². The monoisotopic (exact) mass is 331 g/mol. The van der Waals surface area contributed by atoms with Gasteiger partial charge in [0.15, 0.2) is 0 Å². The Morgan fingerprint density at radius 3 is 2.78 bits per heavy atom. The zero-order valence-electron chi connectivity index (χ0n) is 13.6. The van der Waals surface area contributed by atoms with Crippen LogP contribution in [0.5, 0.6) is 5.75 Å². The molecular formula is C18H21NO3S. The minimum Gasteiger partial charge on any atom is -0.478 e. The van der Waals surface area contributed by atoms with Gasteiger partial charge in [-0.1, -0.05) is 19.9 Å². The Kier molecular flexibility index (Phi) is 3.94. The summed E-state index contributed by atoms with van der Waals surface area (Å²) in [7, 11) is 0. The average molecular weight is 331 g/mol. The summed E-state index contributed by atoms with van der Waals surface area (Å²) >= 11 is 1.60. The Labute approximate surface area is 139 Å². The lowest BCUT2D eigenvalue weighted by atomic mass is 9.76. The third-order valence-electron chi connectivity index (χ3n) is 4.58. The number of hydrogen-bond acceptors (Lipinski definition) is 4. The molecule has 0 saturated carbocycles. The number of aromatic carboxylic acids is 1. The van der Waals surface area contributed by atoms with Gasteiger partial charge in [0.05, 0.1) is 5.56 Å². The standard InChI is InChI=1S/C18H21NO3S/c1-10-4-5-11(22-19)8-12(10)16-15(17(20)21)13-9-18(2,3)7-6-14(13)23-16/h4-5,8H,6-7,9,19H2,1-3H3,(H,20,21). The van der Waals surface area contributed by atoms with Gasteiger partial charge < -0.3 is 9.94 Å². The molecule has 1 aromatic carbocycles. The molecule has 3 N–H and O–H groups in total. The van der Waals surface area contributed by atoms with Crippen molar-refractivity contribution < 1.29 is 14.7 Å². The number of carboxylic acid groups (broad SMARTS) is 1. The summed E-state index contributed by atoms with van der Waals surface area (Å²) in [5.41, 5.74) is 3.52. The van der Waals surface area contributed by atoms with Crippen molar-refractivity contribution in [3.05, 3.63) is 39.8 Å². The van der Waals surface area contributed by atoms with Crippen LogP contribution in [0, 0.1) is 12.3 Å². The molecule has 0 unspecified atom stereocenters. The highest BCUT2D eigenvalue weighted by Crippen LogP contribution is 2.46. The van der Waals surface area contributed by atoms with Crippen molar-refractivity contribution in [3.8, 4) is 16.2 Å². The lowest BCUT2D eigenvalue weighted by molar-refractivity contribution is 0.0696. The molecule has 4 nitrogen and oxygen atoms in total. The second-order valence-electron chi connectivity index (χ2n) is 6.95. The van der Waals surface area contributed by atoms with E-state index in [0.29, 0.717) is 11.3 Å². The van der Waals surface area contributed by atoms with Crippen LogP contribution in [0.3, 0.4) is 0 Å². The molecule has 0 aliphatic heterocycles. The Morgan fingerprint density at radius 1 is 1.39 bits per heavy atom. The molecule has 0 radical (unpaired) electrons. The van der Waals surface area contributed by atoms with E-state index in [1.165, 1.54) is 4.88 Å². The summed E-state index contributed by atoms with van der Waals surface area (Å²) in [5.74, 6) is 4.95. The van der Waals surface area contributed by atoms with E-state index in [4.69, 9.17) is 10.7 Å². The first-order valence-corrected chi connectivity index (χ1v) is 8.49. The first-order valence-electron chi connectivity index (χ1n) is 7.68. The molecule has 3 rings (SSSR count). The molecule has 23 heavy (non-hydrogen) atoms. The average Bonchev–Trinajstić information content (AvgIpc) is 2.84. The van der Waals surface area contributed by atoms with Gasteiger partial charge >= 0.3 is 5.97 Å². The van der Waals surface area contributed by atoms with Crippen LogP contribution in [0.4, 0.5) is 0 Å².